The highest BCUT2D eigenvalue weighted by atomic mass is 35.6. The van der Waals surface area contributed by atoms with E-state index in [9.17, 15) is 12.8 Å². The fourth-order valence-electron chi connectivity index (χ4n) is 2.96. The van der Waals surface area contributed by atoms with Crippen molar-refractivity contribution < 1.29 is 17.0 Å². The van der Waals surface area contributed by atoms with Crippen LogP contribution in [-0.2, 0) is 20.0 Å². The number of halogens is 6. The Morgan fingerprint density at radius 1 is 1.28 bits per heavy atom. The summed E-state index contributed by atoms with van der Waals surface area (Å²) in [5.41, 5.74) is 0.189. The van der Waals surface area contributed by atoms with Gasteiger partial charge >= 0.3 is 10.3 Å². The highest BCUT2D eigenvalue weighted by Crippen LogP contribution is 2.58. The Kier molecular flexibility index (Phi) is 6.62. The first-order chi connectivity index (χ1) is 13.3. The molecule has 13 heteroatoms. The molecule has 1 aliphatic rings. The molecule has 2 heterocycles. The number of nitrogens with zero attached hydrogens (tertiary/aromatic N) is 2. The average Bonchev–Trinajstić information content (AvgIpc) is 3.20. The first-order valence-electron chi connectivity index (χ1n) is 7.93. The minimum absolute atomic E-state index is 0.0533. The van der Waals surface area contributed by atoms with E-state index in [1.54, 1.807) is 25.1 Å². The van der Waals surface area contributed by atoms with Crippen LogP contribution >= 0.6 is 58.0 Å². The third-order valence-electron chi connectivity index (χ3n) is 4.38. The topological polar surface area (TPSA) is 71.3 Å². The highest BCUT2D eigenvalue weighted by Gasteiger charge is 2.63. The number of alkyl halides is 3. The zero-order valence-electron chi connectivity index (χ0n) is 14.5. The summed E-state index contributed by atoms with van der Waals surface area (Å²) in [6, 6.07) is 6.86. The Morgan fingerprint density at radius 2 is 1.97 bits per heavy atom. The number of hydrazine groups is 1. The predicted octanol–water partition coefficient (Wildman–Crippen LogP) is 4.94. The van der Waals surface area contributed by atoms with E-state index in [0.717, 1.165) is 0 Å². The molecule has 1 saturated heterocycles. The molecule has 6 nitrogen and oxygen atoms in total. The molecule has 29 heavy (non-hydrogen) atoms. The van der Waals surface area contributed by atoms with Gasteiger partial charge in [0.2, 0.25) is 3.79 Å². The first kappa shape index (κ1) is 23.2. The Hall–Kier alpha value is -0.420. The maximum absolute atomic E-state index is 14.0. The SMILES string of the molecule is C[C@@]1(c2ccc(Cl)nc2)[C@@H](c2ccc(Cl)c(F)c2)N1NS(=O)(=O)OCC(Cl)(Cl)Cl. The molecule has 1 N–H and O–H groups in total. The van der Waals surface area contributed by atoms with Gasteiger partial charge in [0.25, 0.3) is 0 Å². The molecule has 1 fully saturated rings. The fourth-order valence-corrected chi connectivity index (χ4v) is 4.46. The van der Waals surface area contributed by atoms with Crippen molar-refractivity contribution in [3.63, 3.8) is 0 Å². The number of benzene rings is 1. The standard InChI is InChI=1S/C16H13Cl5FN3O3S/c1-15(10-3-5-13(18)23-7-10)14(9-2-4-11(17)12(22)6-9)25(15)24-29(26,27)28-8-16(19,20)21/h2-7,14,24H,8H2,1H3/t14-,15-,25?/m1/s1. The zero-order valence-corrected chi connectivity index (χ0v) is 19.1. The maximum Gasteiger partial charge on any atom is 0.349 e. The van der Waals surface area contributed by atoms with Gasteiger partial charge < -0.3 is 0 Å². The van der Waals surface area contributed by atoms with Gasteiger partial charge in [-0.3, -0.25) is 4.18 Å². The number of pyridine rings is 1. The van der Waals surface area contributed by atoms with Crippen molar-refractivity contribution in [3.05, 3.63) is 63.6 Å². The molecule has 1 aromatic heterocycles. The summed E-state index contributed by atoms with van der Waals surface area (Å²) < 4.78 is 41.4. The van der Waals surface area contributed by atoms with Crippen LogP contribution in [0.4, 0.5) is 4.39 Å². The summed E-state index contributed by atoms with van der Waals surface area (Å²) in [6.07, 6.45) is 1.50. The highest BCUT2D eigenvalue weighted by molar-refractivity contribution is 7.84. The first-order valence-corrected chi connectivity index (χ1v) is 11.2. The molecule has 158 valence electrons. The van der Waals surface area contributed by atoms with E-state index in [0.29, 0.717) is 11.1 Å². The second kappa shape index (κ2) is 8.26. The molecular weight excluding hydrogens is 511 g/mol. The van der Waals surface area contributed by atoms with Crippen LogP contribution in [0.3, 0.4) is 0 Å². The summed E-state index contributed by atoms with van der Waals surface area (Å²) in [7, 11) is -4.34. The van der Waals surface area contributed by atoms with Gasteiger partial charge in [0.05, 0.1) is 16.6 Å². The number of hydrogen-bond acceptors (Lipinski definition) is 5. The van der Waals surface area contributed by atoms with E-state index in [4.69, 9.17) is 62.2 Å². The third-order valence-corrected chi connectivity index (χ3v) is 6.09. The molecule has 0 aliphatic carbocycles. The molecular formula is C16H13Cl5FN3O3S. The minimum Gasteiger partial charge on any atom is -0.253 e. The minimum atomic E-state index is -4.34. The van der Waals surface area contributed by atoms with Gasteiger partial charge in [-0.1, -0.05) is 70.1 Å². The van der Waals surface area contributed by atoms with Crippen molar-refractivity contribution in [2.45, 2.75) is 22.3 Å². The summed E-state index contributed by atoms with van der Waals surface area (Å²) in [6.45, 7) is 1.05. The van der Waals surface area contributed by atoms with Crippen LogP contribution in [0.2, 0.25) is 10.2 Å². The summed E-state index contributed by atoms with van der Waals surface area (Å²) in [5, 5.41) is 1.57. The van der Waals surface area contributed by atoms with Crippen LogP contribution < -0.4 is 4.83 Å². The monoisotopic (exact) mass is 521 g/mol. The molecule has 1 aromatic carbocycles. The summed E-state index contributed by atoms with van der Waals surface area (Å²) in [4.78, 5) is 6.31. The van der Waals surface area contributed by atoms with E-state index in [1.807, 2.05) is 0 Å². The molecule has 1 aliphatic heterocycles. The maximum atomic E-state index is 14.0. The molecule has 0 amide bonds. The van der Waals surface area contributed by atoms with Crippen molar-refractivity contribution in [1.29, 1.82) is 0 Å². The Morgan fingerprint density at radius 3 is 2.52 bits per heavy atom. The molecule has 3 rings (SSSR count). The summed E-state index contributed by atoms with van der Waals surface area (Å²) >= 11 is 28.2. The fraction of sp³-hybridized carbons (Fsp3) is 0.312. The Labute approximate surface area is 192 Å². The van der Waals surface area contributed by atoms with Gasteiger partial charge in [0, 0.05) is 6.20 Å². The van der Waals surface area contributed by atoms with Crippen LogP contribution in [0.25, 0.3) is 0 Å². The van der Waals surface area contributed by atoms with Crippen LogP contribution in [0.5, 0.6) is 0 Å². The predicted molar refractivity (Wildman–Crippen MR) is 111 cm³/mol. The van der Waals surface area contributed by atoms with Crippen molar-refractivity contribution in [1.82, 2.24) is 14.8 Å². The average molecular weight is 524 g/mol. The second-order valence-electron chi connectivity index (χ2n) is 6.39. The van der Waals surface area contributed by atoms with Crippen LogP contribution in [-0.4, -0.2) is 28.8 Å². The van der Waals surface area contributed by atoms with E-state index >= 15 is 0 Å². The van der Waals surface area contributed by atoms with Crippen molar-refractivity contribution in [2.24, 2.45) is 0 Å². The van der Waals surface area contributed by atoms with Gasteiger partial charge in [-0.25, -0.2) is 14.4 Å². The quantitative estimate of drug-likeness (QED) is 0.330. The van der Waals surface area contributed by atoms with Gasteiger partial charge in [0.1, 0.15) is 17.6 Å². The normalized spacial score (nSPS) is 24.5. The molecule has 0 spiro atoms. The van der Waals surface area contributed by atoms with Gasteiger partial charge in [-0.2, -0.15) is 8.42 Å². The smallest absolute Gasteiger partial charge is 0.253 e. The Balaban J connectivity index is 1.93. The van der Waals surface area contributed by atoms with Crippen LogP contribution in [0.15, 0.2) is 36.5 Å². The third kappa shape index (κ3) is 5.26. The lowest BCUT2D eigenvalue weighted by atomic mass is 9.95. The molecule has 0 radical (unpaired) electrons. The molecule has 3 atom stereocenters. The number of hydrogen-bond donors (Lipinski definition) is 1. The van der Waals surface area contributed by atoms with Gasteiger partial charge in [0.15, 0.2) is 0 Å². The van der Waals surface area contributed by atoms with Crippen molar-refractivity contribution in [2.75, 3.05) is 6.61 Å². The van der Waals surface area contributed by atoms with E-state index in [2.05, 4.69) is 9.82 Å². The lowest BCUT2D eigenvalue weighted by molar-refractivity contribution is 0.285. The van der Waals surface area contributed by atoms with Crippen LogP contribution in [0, 0.1) is 5.82 Å². The lowest BCUT2D eigenvalue weighted by Gasteiger charge is -2.15. The molecule has 0 bridgehead atoms. The number of nitrogens with one attached hydrogen (secondary N) is 1. The van der Waals surface area contributed by atoms with Gasteiger partial charge in [-0.15, -0.1) is 4.83 Å². The zero-order chi connectivity index (χ0) is 21.6. The van der Waals surface area contributed by atoms with Crippen molar-refractivity contribution >= 4 is 68.3 Å². The van der Waals surface area contributed by atoms with Crippen molar-refractivity contribution in [3.8, 4) is 0 Å². The van der Waals surface area contributed by atoms with E-state index in [-0.39, 0.29) is 10.2 Å². The van der Waals surface area contributed by atoms with Crippen LogP contribution in [0.1, 0.15) is 24.1 Å². The second-order valence-corrected chi connectivity index (χ2v) is 11.0. The lowest BCUT2D eigenvalue weighted by Crippen LogP contribution is -2.35. The molecule has 1 unspecified atom stereocenters. The largest absolute Gasteiger partial charge is 0.349 e. The van der Waals surface area contributed by atoms with E-state index in [1.165, 1.54) is 23.3 Å². The van der Waals surface area contributed by atoms with Gasteiger partial charge in [-0.05, 0) is 36.2 Å². The molecule has 2 aromatic rings. The Bertz CT molecular complexity index is 1020. The molecule has 0 saturated carbocycles. The number of aromatic nitrogens is 1. The summed E-state index contributed by atoms with van der Waals surface area (Å²) in [5.74, 6) is -0.636. The van der Waals surface area contributed by atoms with E-state index < -0.39 is 38.1 Å². The number of rotatable bonds is 6.